The van der Waals surface area contributed by atoms with E-state index in [0.717, 1.165) is 27.9 Å². The van der Waals surface area contributed by atoms with Gasteiger partial charge in [0.25, 0.3) is 0 Å². The third-order valence-corrected chi connectivity index (χ3v) is 6.36. The van der Waals surface area contributed by atoms with E-state index >= 15 is 0 Å². The summed E-state index contributed by atoms with van der Waals surface area (Å²) in [5, 5.41) is 4.45. The summed E-state index contributed by atoms with van der Waals surface area (Å²) in [6.45, 7) is 8.64. The summed E-state index contributed by atoms with van der Waals surface area (Å²) in [5.74, 6) is 1.55. The predicted octanol–water partition coefficient (Wildman–Crippen LogP) is 6.36. The van der Waals surface area contributed by atoms with Crippen LogP contribution in [0, 0.1) is 19.3 Å². The molecule has 1 aliphatic carbocycles. The number of aromatic nitrogens is 3. The molecule has 1 saturated carbocycles. The average Bonchev–Trinajstić information content (AvgIpc) is 2.84. The topological polar surface area (TPSA) is 41.6 Å². The van der Waals surface area contributed by atoms with Gasteiger partial charge < -0.3 is 4.98 Å². The highest BCUT2D eigenvalue weighted by molar-refractivity contribution is 7.09. The maximum absolute atomic E-state index is 6.21. The lowest BCUT2D eigenvalue weighted by Gasteiger charge is -2.04. The number of halogens is 2. The number of nitrogens with zero attached hydrogens (tertiary/aromatic N) is 2. The number of rotatable bonds is 3. The first-order valence-corrected chi connectivity index (χ1v) is 9.86. The number of H-pyrrole nitrogens is 1. The maximum Gasteiger partial charge on any atom is 0.157 e. The van der Waals surface area contributed by atoms with Crippen LogP contribution in [0.3, 0.4) is 0 Å². The first-order chi connectivity index (χ1) is 11.8. The SMILES string of the molecule is Cc1nc(-c2nc([C@@H]3[C@@H](c4cc(Cl)cc(Cl)c4)C3(C)C)c(C)[nH]2)cs1. The Morgan fingerprint density at radius 1 is 1.04 bits per heavy atom. The van der Waals surface area contributed by atoms with Crippen LogP contribution in [0.15, 0.2) is 23.6 Å². The van der Waals surface area contributed by atoms with Crippen molar-refractivity contribution in [2.24, 2.45) is 5.41 Å². The van der Waals surface area contributed by atoms with E-state index in [2.05, 4.69) is 30.7 Å². The van der Waals surface area contributed by atoms with Gasteiger partial charge >= 0.3 is 0 Å². The lowest BCUT2D eigenvalue weighted by Crippen LogP contribution is -1.92. The lowest BCUT2D eigenvalue weighted by molar-refractivity contribution is 0.597. The van der Waals surface area contributed by atoms with Gasteiger partial charge in [0, 0.05) is 27.0 Å². The molecule has 6 heteroatoms. The quantitative estimate of drug-likeness (QED) is 0.563. The van der Waals surface area contributed by atoms with Crippen molar-refractivity contribution in [2.45, 2.75) is 39.5 Å². The van der Waals surface area contributed by atoms with Crippen molar-refractivity contribution >= 4 is 34.5 Å². The van der Waals surface area contributed by atoms with Gasteiger partial charge in [0.2, 0.25) is 0 Å². The minimum absolute atomic E-state index is 0.114. The number of thiazole rings is 1. The maximum atomic E-state index is 6.21. The van der Waals surface area contributed by atoms with Crippen LogP contribution >= 0.6 is 34.5 Å². The zero-order chi connectivity index (χ0) is 17.9. The molecule has 0 radical (unpaired) electrons. The van der Waals surface area contributed by atoms with Gasteiger partial charge in [-0.25, -0.2) is 9.97 Å². The number of nitrogens with one attached hydrogen (secondary N) is 1. The zero-order valence-electron chi connectivity index (χ0n) is 14.5. The van der Waals surface area contributed by atoms with Crippen LogP contribution in [0.25, 0.3) is 11.5 Å². The van der Waals surface area contributed by atoms with Crippen molar-refractivity contribution < 1.29 is 0 Å². The van der Waals surface area contributed by atoms with Crippen LogP contribution in [0.4, 0.5) is 0 Å². The van der Waals surface area contributed by atoms with Crippen molar-refractivity contribution in [3.63, 3.8) is 0 Å². The smallest absolute Gasteiger partial charge is 0.157 e. The molecule has 130 valence electrons. The predicted molar refractivity (Wildman–Crippen MR) is 105 cm³/mol. The Hall–Kier alpha value is -1.36. The summed E-state index contributed by atoms with van der Waals surface area (Å²) in [6, 6.07) is 5.82. The van der Waals surface area contributed by atoms with E-state index in [1.165, 1.54) is 5.56 Å². The third kappa shape index (κ3) is 2.90. The number of aromatic amines is 1. The number of hydrogen-bond acceptors (Lipinski definition) is 3. The van der Waals surface area contributed by atoms with Crippen molar-refractivity contribution in [3.05, 3.63) is 55.6 Å². The van der Waals surface area contributed by atoms with Gasteiger partial charge in [-0.3, -0.25) is 0 Å². The second kappa shape index (κ2) is 5.83. The molecular formula is C19H19Cl2N3S. The van der Waals surface area contributed by atoms with Gasteiger partial charge in [-0.05, 0) is 48.9 Å². The molecule has 1 aromatic carbocycles. The molecule has 0 saturated heterocycles. The first-order valence-electron chi connectivity index (χ1n) is 8.22. The minimum atomic E-state index is 0.114. The van der Waals surface area contributed by atoms with Crippen molar-refractivity contribution in [1.82, 2.24) is 15.0 Å². The fourth-order valence-corrected chi connectivity index (χ4v) is 5.04. The van der Waals surface area contributed by atoms with Gasteiger partial charge in [-0.2, -0.15) is 0 Å². The molecule has 4 rings (SSSR count). The van der Waals surface area contributed by atoms with Crippen molar-refractivity contribution in [1.29, 1.82) is 0 Å². The Kier molecular flexibility index (Phi) is 3.98. The van der Waals surface area contributed by atoms with Gasteiger partial charge in [0.1, 0.15) is 5.69 Å². The molecule has 0 spiro atoms. The number of hydrogen-bond donors (Lipinski definition) is 1. The zero-order valence-corrected chi connectivity index (χ0v) is 16.9. The highest BCUT2D eigenvalue weighted by Crippen LogP contribution is 2.70. The fourth-order valence-electron chi connectivity index (χ4n) is 3.90. The summed E-state index contributed by atoms with van der Waals surface area (Å²) in [4.78, 5) is 12.8. The summed E-state index contributed by atoms with van der Waals surface area (Å²) in [7, 11) is 0. The molecule has 1 aliphatic rings. The number of imidazole rings is 1. The van der Waals surface area contributed by atoms with E-state index in [9.17, 15) is 0 Å². The molecule has 2 heterocycles. The van der Waals surface area contributed by atoms with E-state index in [4.69, 9.17) is 28.2 Å². The van der Waals surface area contributed by atoms with E-state index in [1.54, 1.807) is 17.4 Å². The molecular weight excluding hydrogens is 373 g/mol. The van der Waals surface area contributed by atoms with Crippen LogP contribution in [-0.4, -0.2) is 15.0 Å². The van der Waals surface area contributed by atoms with Crippen LogP contribution in [0.2, 0.25) is 10.0 Å². The Balaban J connectivity index is 1.71. The number of aryl methyl sites for hydroxylation is 2. The summed E-state index contributed by atoms with van der Waals surface area (Å²) < 4.78 is 0. The highest BCUT2D eigenvalue weighted by Gasteiger charge is 2.60. The molecule has 2 atom stereocenters. The molecule has 0 unspecified atom stereocenters. The molecule has 0 bridgehead atoms. The molecule has 1 fully saturated rings. The molecule has 3 aromatic rings. The Bertz CT molecular complexity index is 937. The summed E-state index contributed by atoms with van der Waals surface area (Å²) in [6.07, 6.45) is 0. The van der Waals surface area contributed by atoms with Gasteiger partial charge in [-0.15, -0.1) is 11.3 Å². The fraction of sp³-hybridized carbons (Fsp3) is 0.368. The van der Waals surface area contributed by atoms with Gasteiger partial charge in [-0.1, -0.05) is 37.0 Å². The monoisotopic (exact) mass is 391 g/mol. The lowest BCUT2D eigenvalue weighted by atomic mass is 10.0. The normalized spacial score (nSPS) is 21.5. The van der Waals surface area contributed by atoms with Gasteiger partial charge in [0.15, 0.2) is 5.82 Å². The Morgan fingerprint density at radius 2 is 1.72 bits per heavy atom. The van der Waals surface area contributed by atoms with Crippen LogP contribution < -0.4 is 0 Å². The molecule has 1 N–H and O–H groups in total. The van der Waals surface area contributed by atoms with Crippen LogP contribution in [0.1, 0.15) is 47.6 Å². The molecule has 25 heavy (non-hydrogen) atoms. The van der Waals surface area contributed by atoms with Crippen molar-refractivity contribution in [2.75, 3.05) is 0 Å². The Labute approximate surface area is 161 Å². The third-order valence-electron chi connectivity index (χ3n) is 5.15. The number of benzene rings is 1. The molecule has 0 aliphatic heterocycles. The standard InChI is InChI=1S/C19H19Cl2N3S/c1-9-17(24-18(22-9)14-8-25-10(2)23-14)16-15(19(16,3)4)11-5-12(20)7-13(21)6-11/h5-8,15-16H,1-4H3,(H,22,24)/t15-,16+/m1/s1. The largest absolute Gasteiger partial charge is 0.341 e. The van der Waals surface area contributed by atoms with E-state index in [0.29, 0.717) is 21.9 Å². The van der Waals surface area contributed by atoms with E-state index < -0.39 is 0 Å². The molecule has 0 amide bonds. The minimum Gasteiger partial charge on any atom is -0.341 e. The van der Waals surface area contributed by atoms with Crippen molar-refractivity contribution in [3.8, 4) is 11.5 Å². The average molecular weight is 392 g/mol. The second-order valence-corrected chi connectivity index (χ2v) is 9.26. The highest BCUT2D eigenvalue weighted by atomic mass is 35.5. The second-order valence-electron chi connectivity index (χ2n) is 7.33. The Morgan fingerprint density at radius 3 is 2.32 bits per heavy atom. The summed E-state index contributed by atoms with van der Waals surface area (Å²) >= 11 is 14.1. The van der Waals surface area contributed by atoms with Gasteiger partial charge in [0.05, 0.1) is 10.7 Å². The van der Waals surface area contributed by atoms with E-state index in [-0.39, 0.29) is 5.41 Å². The molecule has 3 nitrogen and oxygen atoms in total. The van der Waals surface area contributed by atoms with Crippen LogP contribution in [0.5, 0.6) is 0 Å². The summed E-state index contributed by atoms with van der Waals surface area (Å²) in [5.41, 5.74) is 4.43. The van der Waals surface area contributed by atoms with Crippen LogP contribution in [-0.2, 0) is 0 Å². The molecule has 2 aromatic heterocycles. The van der Waals surface area contributed by atoms with E-state index in [1.807, 2.05) is 24.4 Å². The first kappa shape index (κ1) is 17.1.